The van der Waals surface area contributed by atoms with Gasteiger partial charge in [0.05, 0.1) is 0 Å². The van der Waals surface area contributed by atoms with Gasteiger partial charge in [0, 0.05) is 52.5 Å². The molecular weight excluding hydrogens is 436 g/mol. The van der Waals surface area contributed by atoms with Crippen LogP contribution < -0.4 is 10.6 Å². The lowest BCUT2D eigenvalue weighted by atomic mass is 9.74. The third-order valence-electron chi connectivity index (χ3n) is 4.52. The van der Waals surface area contributed by atoms with E-state index in [0.717, 1.165) is 37.3 Å². The van der Waals surface area contributed by atoms with E-state index in [0.29, 0.717) is 26.4 Å². The van der Waals surface area contributed by atoms with Crippen LogP contribution in [0.25, 0.3) is 0 Å². The summed E-state index contributed by atoms with van der Waals surface area (Å²) in [6, 6.07) is 6.91. The van der Waals surface area contributed by atoms with Crippen molar-refractivity contribution >= 4 is 29.9 Å². The monoisotopic (exact) mass is 465 g/mol. The van der Waals surface area contributed by atoms with Crippen LogP contribution in [-0.4, -0.2) is 53.0 Å². The van der Waals surface area contributed by atoms with Crippen molar-refractivity contribution in [3.05, 3.63) is 35.6 Å². The minimum Gasteiger partial charge on any atom is -0.385 e. The molecule has 1 aromatic carbocycles. The number of rotatable bonds is 7. The maximum atomic E-state index is 13.7. The van der Waals surface area contributed by atoms with Crippen LogP contribution in [0.2, 0.25) is 0 Å². The smallest absolute Gasteiger partial charge is 0.191 e. The number of benzene rings is 1. The van der Waals surface area contributed by atoms with Gasteiger partial charge in [-0.2, -0.15) is 0 Å². The number of hydrogen-bond acceptors (Lipinski definition) is 3. The number of methoxy groups -OCH3 is 1. The van der Waals surface area contributed by atoms with E-state index in [-0.39, 0.29) is 35.2 Å². The summed E-state index contributed by atoms with van der Waals surface area (Å²) in [5.74, 6) is 0.564. The molecule has 1 heterocycles. The number of hydrogen-bond donors (Lipinski definition) is 2. The molecule has 0 amide bonds. The maximum Gasteiger partial charge on any atom is 0.191 e. The highest BCUT2D eigenvalue weighted by atomic mass is 127. The molecule has 2 rings (SSSR count). The zero-order valence-electron chi connectivity index (χ0n) is 15.0. The second-order valence-corrected chi connectivity index (χ2v) is 6.10. The second-order valence-electron chi connectivity index (χ2n) is 6.10. The minimum atomic E-state index is -0.194. The van der Waals surface area contributed by atoms with Gasteiger partial charge in [-0.1, -0.05) is 12.1 Å². The maximum absolute atomic E-state index is 13.7. The molecule has 5 nitrogen and oxygen atoms in total. The van der Waals surface area contributed by atoms with Gasteiger partial charge in [-0.05, 0) is 37.0 Å². The van der Waals surface area contributed by atoms with Gasteiger partial charge in [-0.15, -0.1) is 24.0 Å². The molecule has 0 radical (unpaired) electrons. The highest BCUT2D eigenvalue weighted by molar-refractivity contribution is 14.0. The summed E-state index contributed by atoms with van der Waals surface area (Å²) in [5.41, 5.74) is 0.887. The van der Waals surface area contributed by atoms with E-state index in [1.165, 1.54) is 6.07 Å². The van der Waals surface area contributed by atoms with Crippen LogP contribution in [0, 0.1) is 5.82 Å². The Kier molecular flexibility index (Phi) is 10.3. The quantitative estimate of drug-likeness (QED) is 0.282. The fourth-order valence-electron chi connectivity index (χ4n) is 3.04. The Morgan fingerprint density at radius 1 is 1.32 bits per heavy atom. The number of halogens is 2. The Morgan fingerprint density at radius 3 is 2.72 bits per heavy atom. The second kappa shape index (κ2) is 11.6. The highest BCUT2D eigenvalue weighted by Gasteiger charge is 2.34. The molecule has 7 heteroatoms. The summed E-state index contributed by atoms with van der Waals surface area (Å²) in [5, 5.41) is 6.67. The fourth-order valence-corrected chi connectivity index (χ4v) is 3.04. The van der Waals surface area contributed by atoms with Gasteiger partial charge in [0.2, 0.25) is 0 Å². The normalized spacial score (nSPS) is 16.8. The largest absolute Gasteiger partial charge is 0.385 e. The molecule has 142 valence electrons. The first-order valence-corrected chi connectivity index (χ1v) is 8.47. The molecule has 0 saturated carbocycles. The average Bonchev–Trinajstić information content (AvgIpc) is 2.62. The number of guanidine groups is 1. The molecule has 0 unspecified atom stereocenters. The number of nitrogens with one attached hydrogen (secondary N) is 2. The van der Waals surface area contributed by atoms with E-state index >= 15 is 0 Å². The molecule has 1 aliphatic heterocycles. The highest BCUT2D eigenvalue weighted by Crippen LogP contribution is 2.34. The topological polar surface area (TPSA) is 54.9 Å². The molecule has 0 aliphatic carbocycles. The summed E-state index contributed by atoms with van der Waals surface area (Å²) in [4.78, 5) is 4.26. The van der Waals surface area contributed by atoms with E-state index in [4.69, 9.17) is 9.47 Å². The molecular formula is C18H29FIN3O2. The van der Waals surface area contributed by atoms with Crippen molar-refractivity contribution < 1.29 is 13.9 Å². The number of ether oxygens (including phenoxy) is 2. The fraction of sp³-hybridized carbons (Fsp3) is 0.611. The third-order valence-corrected chi connectivity index (χ3v) is 4.52. The van der Waals surface area contributed by atoms with Gasteiger partial charge < -0.3 is 20.1 Å². The summed E-state index contributed by atoms with van der Waals surface area (Å²) in [6.45, 7) is 3.60. The van der Waals surface area contributed by atoms with Crippen molar-refractivity contribution in [1.82, 2.24) is 10.6 Å². The zero-order chi connectivity index (χ0) is 17.3. The molecule has 1 aliphatic rings. The van der Waals surface area contributed by atoms with Crippen LogP contribution in [0.3, 0.4) is 0 Å². The Labute approximate surface area is 166 Å². The molecule has 1 saturated heterocycles. The molecule has 25 heavy (non-hydrogen) atoms. The molecule has 0 atom stereocenters. The van der Waals surface area contributed by atoms with Crippen molar-refractivity contribution in [1.29, 1.82) is 0 Å². The van der Waals surface area contributed by atoms with Crippen molar-refractivity contribution in [2.24, 2.45) is 4.99 Å². The van der Waals surface area contributed by atoms with Gasteiger partial charge in [-0.25, -0.2) is 4.39 Å². The summed E-state index contributed by atoms with van der Waals surface area (Å²) in [6.07, 6.45) is 2.65. The molecule has 0 aromatic heterocycles. The van der Waals surface area contributed by atoms with Gasteiger partial charge >= 0.3 is 0 Å². The van der Waals surface area contributed by atoms with Crippen LogP contribution in [0.5, 0.6) is 0 Å². The van der Waals surface area contributed by atoms with Crippen molar-refractivity contribution in [3.63, 3.8) is 0 Å². The molecule has 0 spiro atoms. The lowest BCUT2D eigenvalue weighted by Crippen LogP contribution is -2.48. The zero-order valence-corrected chi connectivity index (χ0v) is 17.3. The van der Waals surface area contributed by atoms with E-state index < -0.39 is 0 Å². The minimum absolute atomic E-state index is 0. The van der Waals surface area contributed by atoms with Gasteiger partial charge in [0.25, 0.3) is 0 Å². The Balaban J connectivity index is 0.00000312. The van der Waals surface area contributed by atoms with Gasteiger partial charge in [0.15, 0.2) is 5.96 Å². The predicted molar refractivity (Wildman–Crippen MR) is 109 cm³/mol. The van der Waals surface area contributed by atoms with E-state index in [1.807, 2.05) is 6.07 Å². The first-order chi connectivity index (χ1) is 11.7. The molecule has 1 fully saturated rings. The standard InChI is InChI=1S/C18H28FN3O2.HI/c1-20-17(21-9-4-10-23-2)22-14-18(7-11-24-12-8-18)15-5-3-6-16(19)13-15;/h3,5-6,13H,4,7-12,14H2,1-2H3,(H2,20,21,22);1H. The van der Waals surface area contributed by atoms with Crippen LogP contribution in [-0.2, 0) is 14.9 Å². The Bertz CT molecular complexity index is 537. The van der Waals surface area contributed by atoms with E-state index in [2.05, 4.69) is 15.6 Å². The SMILES string of the molecule is CN=C(NCCCOC)NCC1(c2cccc(F)c2)CCOCC1.I. The molecule has 0 bridgehead atoms. The summed E-state index contributed by atoms with van der Waals surface area (Å²) < 4.78 is 24.3. The van der Waals surface area contributed by atoms with Crippen LogP contribution in [0.1, 0.15) is 24.8 Å². The number of nitrogens with zero attached hydrogens (tertiary/aromatic N) is 1. The summed E-state index contributed by atoms with van der Waals surface area (Å²) in [7, 11) is 3.45. The van der Waals surface area contributed by atoms with Crippen molar-refractivity contribution in [3.8, 4) is 0 Å². The summed E-state index contributed by atoms with van der Waals surface area (Å²) >= 11 is 0. The first-order valence-electron chi connectivity index (χ1n) is 8.47. The lowest BCUT2D eigenvalue weighted by molar-refractivity contribution is 0.0513. The van der Waals surface area contributed by atoms with Gasteiger partial charge in [0.1, 0.15) is 5.82 Å². The van der Waals surface area contributed by atoms with Crippen LogP contribution in [0.4, 0.5) is 4.39 Å². The molecule has 1 aromatic rings. The Morgan fingerprint density at radius 2 is 2.08 bits per heavy atom. The first kappa shape index (κ1) is 22.1. The van der Waals surface area contributed by atoms with Crippen molar-refractivity contribution in [2.45, 2.75) is 24.7 Å². The number of aliphatic imine (C=N–C) groups is 1. The average molecular weight is 465 g/mol. The van der Waals surface area contributed by atoms with Crippen molar-refractivity contribution in [2.75, 3.05) is 47.1 Å². The Hall–Kier alpha value is -0.930. The van der Waals surface area contributed by atoms with Crippen LogP contribution in [0.15, 0.2) is 29.3 Å². The lowest BCUT2D eigenvalue weighted by Gasteiger charge is -2.38. The van der Waals surface area contributed by atoms with E-state index in [9.17, 15) is 4.39 Å². The molecule has 2 N–H and O–H groups in total. The predicted octanol–water partition coefficient (Wildman–Crippen LogP) is 2.69. The van der Waals surface area contributed by atoms with Gasteiger partial charge in [-0.3, -0.25) is 4.99 Å². The van der Waals surface area contributed by atoms with Crippen LogP contribution >= 0.6 is 24.0 Å². The van der Waals surface area contributed by atoms with E-state index in [1.54, 1.807) is 26.3 Å². The third kappa shape index (κ3) is 6.71.